The molecule has 0 saturated heterocycles. The van der Waals surface area contributed by atoms with Crippen LogP contribution in [0.3, 0.4) is 0 Å². The summed E-state index contributed by atoms with van der Waals surface area (Å²) in [5, 5.41) is 0. The van der Waals surface area contributed by atoms with E-state index in [2.05, 4.69) is 22.9 Å². The lowest BCUT2D eigenvalue weighted by molar-refractivity contribution is -0.0521. The molecule has 0 aliphatic heterocycles. The molecule has 1 aliphatic carbocycles. The first-order chi connectivity index (χ1) is 13.6. The van der Waals surface area contributed by atoms with Crippen LogP contribution in [0.4, 0.5) is 17.6 Å². The highest BCUT2D eigenvalue weighted by Crippen LogP contribution is 2.37. The summed E-state index contributed by atoms with van der Waals surface area (Å²) in [6, 6.07) is 12.0. The Morgan fingerprint density at radius 1 is 0.964 bits per heavy atom. The van der Waals surface area contributed by atoms with Gasteiger partial charge >= 0.3 is 6.61 Å². The van der Waals surface area contributed by atoms with Gasteiger partial charge in [0.05, 0.1) is 6.67 Å². The largest absolute Gasteiger partial charge is 0.432 e. The Morgan fingerprint density at radius 2 is 1.64 bits per heavy atom. The lowest BCUT2D eigenvalue weighted by Crippen LogP contribution is -2.11. The van der Waals surface area contributed by atoms with Gasteiger partial charge in [0, 0.05) is 0 Å². The molecule has 0 amide bonds. The maximum absolute atomic E-state index is 13.9. The maximum atomic E-state index is 13.9. The number of rotatable bonds is 7. The van der Waals surface area contributed by atoms with E-state index in [9.17, 15) is 17.6 Å². The highest BCUT2D eigenvalue weighted by molar-refractivity contribution is 5.64. The van der Waals surface area contributed by atoms with Gasteiger partial charge in [0.1, 0.15) is 0 Å². The molecule has 0 atom stereocenters. The van der Waals surface area contributed by atoms with E-state index in [0.717, 1.165) is 31.2 Å². The van der Waals surface area contributed by atoms with Crippen LogP contribution < -0.4 is 4.74 Å². The van der Waals surface area contributed by atoms with Crippen molar-refractivity contribution in [2.75, 3.05) is 6.67 Å². The molecule has 0 unspecified atom stereocenters. The van der Waals surface area contributed by atoms with Gasteiger partial charge in [-0.3, -0.25) is 4.39 Å². The fourth-order valence-corrected chi connectivity index (χ4v) is 3.82. The van der Waals surface area contributed by atoms with Crippen LogP contribution in [0.2, 0.25) is 0 Å². The van der Waals surface area contributed by atoms with Crippen LogP contribution in [0, 0.1) is 11.7 Å². The second kappa shape index (κ2) is 9.76. The predicted molar refractivity (Wildman–Crippen MR) is 103 cm³/mol. The molecule has 2 aromatic carbocycles. The Balaban J connectivity index is 1.62. The Bertz CT molecular complexity index is 778. The Hall–Kier alpha value is -2.30. The van der Waals surface area contributed by atoms with E-state index < -0.39 is 18.2 Å². The zero-order valence-electron chi connectivity index (χ0n) is 15.6. The molecule has 1 saturated carbocycles. The van der Waals surface area contributed by atoms with Gasteiger partial charge in [0.15, 0.2) is 11.6 Å². The van der Waals surface area contributed by atoms with Crippen LogP contribution in [-0.4, -0.2) is 13.3 Å². The SMILES string of the molecule is FCC/C=C/[C@H]1CC[C@H](c2ccc(-c3ccc(OC(F)F)c(F)c3)cc2)CC1. The number of alkyl halides is 3. The molecule has 0 spiro atoms. The first kappa shape index (κ1) is 20.4. The Morgan fingerprint density at radius 3 is 2.25 bits per heavy atom. The van der Waals surface area contributed by atoms with Gasteiger partial charge in [-0.15, -0.1) is 0 Å². The van der Waals surface area contributed by atoms with Crippen molar-refractivity contribution in [1.82, 2.24) is 0 Å². The average molecular weight is 392 g/mol. The number of hydrogen-bond donors (Lipinski definition) is 0. The van der Waals surface area contributed by atoms with E-state index in [4.69, 9.17) is 0 Å². The summed E-state index contributed by atoms with van der Waals surface area (Å²) in [5.41, 5.74) is 2.70. The lowest BCUT2D eigenvalue weighted by Gasteiger charge is -2.27. The van der Waals surface area contributed by atoms with E-state index in [0.29, 0.717) is 23.8 Å². The summed E-state index contributed by atoms with van der Waals surface area (Å²) in [4.78, 5) is 0. The summed E-state index contributed by atoms with van der Waals surface area (Å²) in [6.45, 7) is -3.35. The Kier molecular flexibility index (Phi) is 7.12. The standard InChI is InChI=1S/C23H24F4O/c24-14-2-1-3-16-4-6-17(7-5-16)18-8-10-19(11-9-18)20-12-13-22(21(25)15-20)28-23(26)27/h1,3,8-13,15-17,23H,2,4-7,14H2/b3-1+/t16-,17-. The second-order valence-electron chi connectivity index (χ2n) is 7.16. The van der Waals surface area contributed by atoms with Gasteiger partial charge in [0.25, 0.3) is 0 Å². The molecule has 150 valence electrons. The van der Waals surface area contributed by atoms with Gasteiger partial charge in [0.2, 0.25) is 0 Å². The fraction of sp³-hybridized carbons (Fsp3) is 0.391. The molecule has 1 nitrogen and oxygen atoms in total. The number of hydrogen-bond acceptors (Lipinski definition) is 1. The highest BCUT2D eigenvalue weighted by atomic mass is 19.3. The average Bonchev–Trinajstić information content (AvgIpc) is 2.70. The van der Waals surface area contributed by atoms with Crippen LogP contribution in [0.15, 0.2) is 54.6 Å². The van der Waals surface area contributed by atoms with Crippen LogP contribution in [0.5, 0.6) is 5.75 Å². The molecule has 3 rings (SSSR count). The minimum absolute atomic E-state index is 0.302. The molecule has 0 radical (unpaired) electrons. The molecule has 2 aromatic rings. The Labute approximate surface area is 163 Å². The van der Waals surface area contributed by atoms with Crippen molar-refractivity contribution in [3.05, 3.63) is 66.0 Å². The fourth-order valence-electron chi connectivity index (χ4n) is 3.82. The van der Waals surface area contributed by atoms with E-state index in [1.54, 1.807) is 6.07 Å². The first-order valence-corrected chi connectivity index (χ1v) is 9.64. The number of allylic oxidation sites excluding steroid dienone is 2. The van der Waals surface area contributed by atoms with Crippen molar-refractivity contribution in [2.45, 2.75) is 44.6 Å². The molecule has 5 heteroatoms. The molecule has 0 bridgehead atoms. The first-order valence-electron chi connectivity index (χ1n) is 9.64. The van der Waals surface area contributed by atoms with Crippen LogP contribution in [0.1, 0.15) is 43.6 Å². The number of halogens is 4. The summed E-state index contributed by atoms with van der Waals surface area (Å²) in [6.07, 6.45) is 8.98. The van der Waals surface area contributed by atoms with Gasteiger partial charge in [-0.25, -0.2) is 4.39 Å². The van der Waals surface area contributed by atoms with Crippen molar-refractivity contribution >= 4 is 0 Å². The second-order valence-corrected chi connectivity index (χ2v) is 7.16. The van der Waals surface area contributed by atoms with Crippen molar-refractivity contribution in [3.63, 3.8) is 0 Å². The third-order valence-corrected chi connectivity index (χ3v) is 5.32. The van der Waals surface area contributed by atoms with Gasteiger partial charge in [-0.2, -0.15) is 8.78 Å². The summed E-state index contributed by atoms with van der Waals surface area (Å²) < 4.78 is 54.7. The lowest BCUT2D eigenvalue weighted by atomic mass is 9.78. The molecule has 0 N–H and O–H groups in total. The molecule has 1 fully saturated rings. The van der Waals surface area contributed by atoms with Crippen molar-refractivity contribution in [2.24, 2.45) is 5.92 Å². The molecule has 28 heavy (non-hydrogen) atoms. The zero-order chi connectivity index (χ0) is 19.9. The van der Waals surface area contributed by atoms with Crippen LogP contribution in [0.25, 0.3) is 11.1 Å². The topological polar surface area (TPSA) is 9.23 Å². The highest BCUT2D eigenvalue weighted by Gasteiger charge is 2.21. The van der Waals surface area contributed by atoms with Crippen LogP contribution >= 0.6 is 0 Å². The number of benzene rings is 2. The molecular weight excluding hydrogens is 368 g/mol. The molecule has 1 aliphatic rings. The minimum atomic E-state index is -3.05. The smallest absolute Gasteiger partial charge is 0.387 e. The summed E-state index contributed by atoms with van der Waals surface area (Å²) in [5.74, 6) is -0.217. The van der Waals surface area contributed by atoms with Gasteiger partial charge < -0.3 is 4.74 Å². The van der Waals surface area contributed by atoms with Crippen molar-refractivity contribution in [3.8, 4) is 16.9 Å². The van der Waals surface area contributed by atoms with E-state index in [1.807, 2.05) is 18.2 Å². The zero-order valence-corrected chi connectivity index (χ0v) is 15.6. The normalized spacial score (nSPS) is 20.0. The molecule has 0 heterocycles. The van der Waals surface area contributed by atoms with Gasteiger partial charge in [-0.1, -0.05) is 42.5 Å². The molecule has 0 aromatic heterocycles. The third-order valence-electron chi connectivity index (χ3n) is 5.32. The predicted octanol–water partition coefficient (Wildman–Crippen LogP) is 7.28. The van der Waals surface area contributed by atoms with Gasteiger partial charge in [-0.05, 0) is 72.8 Å². The minimum Gasteiger partial charge on any atom is -0.432 e. The maximum Gasteiger partial charge on any atom is 0.387 e. The summed E-state index contributed by atoms with van der Waals surface area (Å²) in [7, 11) is 0. The third kappa shape index (κ3) is 5.37. The van der Waals surface area contributed by atoms with Crippen LogP contribution in [-0.2, 0) is 0 Å². The van der Waals surface area contributed by atoms with E-state index in [1.165, 1.54) is 17.7 Å². The van der Waals surface area contributed by atoms with Crippen molar-refractivity contribution < 1.29 is 22.3 Å². The quantitative estimate of drug-likeness (QED) is 0.355. The monoisotopic (exact) mass is 392 g/mol. The van der Waals surface area contributed by atoms with E-state index in [-0.39, 0.29) is 6.67 Å². The summed E-state index contributed by atoms with van der Waals surface area (Å²) >= 11 is 0. The van der Waals surface area contributed by atoms with E-state index >= 15 is 0 Å². The van der Waals surface area contributed by atoms with Crippen molar-refractivity contribution in [1.29, 1.82) is 0 Å². The molecular formula is C23H24F4O. The number of ether oxygens (including phenoxy) is 1.